The lowest BCUT2D eigenvalue weighted by Crippen LogP contribution is -2.23. The lowest BCUT2D eigenvalue weighted by Gasteiger charge is -2.18. The van der Waals surface area contributed by atoms with Crippen molar-refractivity contribution >= 4 is 27.3 Å². The molecule has 1 atom stereocenters. The van der Waals surface area contributed by atoms with Gasteiger partial charge in [-0.1, -0.05) is 13.8 Å². The summed E-state index contributed by atoms with van der Waals surface area (Å²) in [5, 5.41) is 7.95. The summed E-state index contributed by atoms with van der Waals surface area (Å²) in [6, 6.07) is 0.410. The van der Waals surface area contributed by atoms with Crippen LogP contribution in [0.5, 0.6) is 0 Å². The van der Waals surface area contributed by atoms with Crippen molar-refractivity contribution in [2.75, 3.05) is 19.8 Å². The zero-order valence-corrected chi connectivity index (χ0v) is 13.1. The molecule has 0 bridgehead atoms. The monoisotopic (exact) mass is 319 g/mol. The van der Waals surface area contributed by atoms with Crippen molar-refractivity contribution in [3.8, 4) is 0 Å². The van der Waals surface area contributed by atoms with Crippen LogP contribution in [0.25, 0.3) is 0 Å². The molecule has 1 unspecified atom stereocenters. The quantitative estimate of drug-likeness (QED) is 0.682. The molecular weight excluding hydrogens is 298 g/mol. The van der Waals surface area contributed by atoms with Crippen LogP contribution in [0.4, 0.5) is 0 Å². The Morgan fingerprint density at radius 1 is 1.29 bits per heavy atom. The molecule has 0 radical (unpaired) electrons. The van der Waals surface area contributed by atoms with Crippen LogP contribution in [-0.4, -0.2) is 19.8 Å². The summed E-state index contributed by atoms with van der Waals surface area (Å²) in [7, 11) is 0. The second-order valence-electron chi connectivity index (χ2n) is 4.08. The van der Waals surface area contributed by atoms with E-state index in [4.69, 9.17) is 4.74 Å². The van der Waals surface area contributed by atoms with Crippen LogP contribution in [0.1, 0.15) is 44.7 Å². The summed E-state index contributed by atoms with van der Waals surface area (Å²) in [5.41, 5.74) is 1.36. The van der Waals surface area contributed by atoms with Gasteiger partial charge in [0.1, 0.15) is 0 Å². The van der Waals surface area contributed by atoms with Gasteiger partial charge in [0.15, 0.2) is 0 Å². The normalized spacial score (nSPS) is 12.9. The first-order valence-corrected chi connectivity index (χ1v) is 8.05. The second kappa shape index (κ2) is 9.09. The van der Waals surface area contributed by atoms with Crippen molar-refractivity contribution in [3.63, 3.8) is 0 Å². The Morgan fingerprint density at radius 2 is 2.12 bits per heavy atom. The Balaban J connectivity index is 2.46. The molecule has 0 amide bonds. The molecule has 1 aromatic rings. The summed E-state index contributed by atoms with van der Waals surface area (Å²) >= 11 is 5.36. The Hall–Kier alpha value is 0.100. The van der Waals surface area contributed by atoms with Gasteiger partial charge in [-0.3, -0.25) is 0 Å². The van der Waals surface area contributed by atoms with Crippen LogP contribution in [0.15, 0.2) is 15.2 Å². The summed E-state index contributed by atoms with van der Waals surface area (Å²) in [5.74, 6) is 0. The summed E-state index contributed by atoms with van der Waals surface area (Å²) in [6.45, 7) is 7.09. The van der Waals surface area contributed by atoms with Gasteiger partial charge in [-0.05, 0) is 52.7 Å². The lowest BCUT2D eigenvalue weighted by atomic mass is 10.1. The predicted octanol–water partition coefficient (Wildman–Crippen LogP) is 4.37. The fraction of sp³-hybridized carbons (Fsp3) is 0.692. The van der Waals surface area contributed by atoms with Gasteiger partial charge in [-0.25, -0.2) is 0 Å². The number of rotatable bonds is 9. The van der Waals surface area contributed by atoms with Crippen LogP contribution in [-0.2, 0) is 4.74 Å². The Kier molecular flexibility index (Phi) is 8.10. The average molecular weight is 320 g/mol. The minimum Gasteiger partial charge on any atom is -0.381 e. The van der Waals surface area contributed by atoms with E-state index in [1.807, 2.05) is 0 Å². The van der Waals surface area contributed by atoms with Crippen molar-refractivity contribution in [2.24, 2.45) is 0 Å². The molecule has 0 saturated heterocycles. The molecule has 0 fully saturated rings. The summed E-state index contributed by atoms with van der Waals surface area (Å²) in [4.78, 5) is 0. The third-order valence-corrected chi connectivity index (χ3v) is 4.31. The lowest BCUT2D eigenvalue weighted by molar-refractivity contribution is 0.124. The van der Waals surface area contributed by atoms with Crippen LogP contribution >= 0.6 is 27.3 Å². The molecule has 0 aliphatic heterocycles. The fourth-order valence-electron chi connectivity index (χ4n) is 1.67. The van der Waals surface area contributed by atoms with Crippen molar-refractivity contribution < 1.29 is 4.74 Å². The van der Waals surface area contributed by atoms with Gasteiger partial charge in [0.25, 0.3) is 0 Å². The van der Waals surface area contributed by atoms with Gasteiger partial charge in [-0.15, -0.1) is 0 Å². The largest absolute Gasteiger partial charge is 0.381 e. The highest BCUT2D eigenvalue weighted by Crippen LogP contribution is 2.29. The zero-order valence-electron chi connectivity index (χ0n) is 10.7. The van der Waals surface area contributed by atoms with Crippen LogP contribution < -0.4 is 5.32 Å². The molecule has 1 N–H and O–H groups in total. The smallest absolute Gasteiger partial charge is 0.0484 e. The average Bonchev–Trinajstić information content (AvgIpc) is 2.75. The number of thiophene rings is 1. The highest BCUT2D eigenvalue weighted by molar-refractivity contribution is 9.10. The van der Waals surface area contributed by atoms with Gasteiger partial charge < -0.3 is 10.1 Å². The van der Waals surface area contributed by atoms with Crippen molar-refractivity contribution in [2.45, 2.75) is 39.2 Å². The van der Waals surface area contributed by atoms with Gasteiger partial charge >= 0.3 is 0 Å². The predicted molar refractivity (Wildman–Crippen MR) is 78.8 cm³/mol. The Morgan fingerprint density at radius 3 is 2.71 bits per heavy atom. The van der Waals surface area contributed by atoms with E-state index in [0.29, 0.717) is 6.04 Å². The number of halogens is 1. The standard InChI is InChI=1S/C13H22BrNOS/c1-3-6-15-13(5-8-16-7-4-2)11-9-17-10-12(11)14/h9-10,13,15H,3-8H2,1-2H3. The number of nitrogens with one attached hydrogen (secondary N) is 1. The number of hydrogen-bond acceptors (Lipinski definition) is 3. The van der Waals surface area contributed by atoms with Crippen molar-refractivity contribution in [3.05, 3.63) is 20.8 Å². The minimum absolute atomic E-state index is 0.410. The van der Waals surface area contributed by atoms with E-state index >= 15 is 0 Å². The molecule has 98 valence electrons. The minimum atomic E-state index is 0.410. The highest BCUT2D eigenvalue weighted by atomic mass is 79.9. The highest BCUT2D eigenvalue weighted by Gasteiger charge is 2.14. The van der Waals surface area contributed by atoms with Gasteiger partial charge in [0, 0.05) is 29.1 Å². The Labute approximate surface area is 117 Å². The van der Waals surface area contributed by atoms with E-state index in [2.05, 4.69) is 45.9 Å². The molecule has 4 heteroatoms. The van der Waals surface area contributed by atoms with Crippen LogP contribution in [0.2, 0.25) is 0 Å². The Bertz CT molecular complexity index is 303. The van der Waals surface area contributed by atoms with Crippen molar-refractivity contribution in [1.82, 2.24) is 5.32 Å². The fourth-order valence-corrected chi connectivity index (χ4v) is 3.30. The van der Waals surface area contributed by atoms with Gasteiger partial charge in [0.2, 0.25) is 0 Å². The first-order valence-electron chi connectivity index (χ1n) is 6.32. The third-order valence-electron chi connectivity index (χ3n) is 2.56. The molecule has 1 aromatic heterocycles. The molecule has 0 aromatic carbocycles. The number of ether oxygens (including phenoxy) is 1. The molecule has 1 heterocycles. The first kappa shape index (κ1) is 15.2. The zero-order chi connectivity index (χ0) is 12.5. The van der Waals surface area contributed by atoms with Crippen LogP contribution in [0, 0.1) is 0 Å². The van der Waals surface area contributed by atoms with Gasteiger partial charge in [0.05, 0.1) is 0 Å². The molecule has 2 nitrogen and oxygen atoms in total. The first-order chi connectivity index (χ1) is 8.29. The molecule has 0 saturated carbocycles. The second-order valence-corrected chi connectivity index (χ2v) is 5.68. The maximum atomic E-state index is 5.58. The van der Waals surface area contributed by atoms with Gasteiger partial charge in [-0.2, -0.15) is 11.3 Å². The molecule has 0 aliphatic carbocycles. The van der Waals surface area contributed by atoms with E-state index in [0.717, 1.165) is 39.0 Å². The molecule has 0 aliphatic rings. The summed E-state index contributed by atoms with van der Waals surface area (Å²) < 4.78 is 6.79. The maximum absolute atomic E-state index is 5.58. The van der Waals surface area contributed by atoms with E-state index in [9.17, 15) is 0 Å². The van der Waals surface area contributed by atoms with E-state index in [1.165, 1.54) is 10.0 Å². The number of hydrogen-bond donors (Lipinski definition) is 1. The third kappa shape index (κ3) is 5.51. The summed E-state index contributed by atoms with van der Waals surface area (Å²) in [6.07, 6.45) is 3.29. The SMILES string of the molecule is CCCNC(CCOCCC)c1cscc1Br. The van der Waals surface area contributed by atoms with E-state index in [-0.39, 0.29) is 0 Å². The molecule has 1 rings (SSSR count). The topological polar surface area (TPSA) is 21.3 Å². The molecule has 0 spiro atoms. The molecule has 17 heavy (non-hydrogen) atoms. The van der Waals surface area contributed by atoms with E-state index < -0.39 is 0 Å². The van der Waals surface area contributed by atoms with Crippen molar-refractivity contribution in [1.29, 1.82) is 0 Å². The maximum Gasteiger partial charge on any atom is 0.0484 e. The van der Waals surface area contributed by atoms with Crippen LogP contribution in [0.3, 0.4) is 0 Å². The van der Waals surface area contributed by atoms with E-state index in [1.54, 1.807) is 11.3 Å². The molecular formula is C13H22BrNOS.